The molecule has 0 unspecified atom stereocenters. The maximum absolute atomic E-state index is 5.90. The second-order valence-electron chi connectivity index (χ2n) is 5.01. The molecule has 3 aromatic rings. The third kappa shape index (κ3) is 3.01. The molecule has 0 aliphatic rings. The number of hydrogen-bond donors (Lipinski definition) is 1. The summed E-state index contributed by atoms with van der Waals surface area (Å²) in [7, 11) is 0. The van der Waals surface area contributed by atoms with Crippen LogP contribution >= 0.6 is 0 Å². The molecule has 0 saturated carbocycles. The molecule has 0 aliphatic heterocycles. The fraction of sp³-hybridized carbons (Fsp3) is 0. The van der Waals surface area contributed by atoms with Gasteiger partial charge in [0, 0.05) is 5.56 Å². The standard InChI is InChI=1S/C20H17NO/c1-15(22-20-13-6-5-12-19(20)21)17-10-7-11-18(14-17)16-8-3-2-4-9-16/h2-14H,1,21H2. The Labute approximate surface area is 130 Å². The molecule has 3 rings (SSSR count). The first kappa shape index (κ1) is 14.0. The van der Waals surface area contributed by atoms with Crippen molar-refractivity contribution in [3.63, 3.8) is 0 Å². The Hall–Kier alpha value is -3.00. The Balaban J connectivity index is 1.86. The van der Waals surface area contributed by atoms with Gasteiger partial charge in [-0.15, -0.1) is 0 Å². The zero-order valence-electron chi connectivity index (χ0n) is 12.2. The summed E-state index contributed by atoms with van der Waals surface area (Å²) in [5.41, 5.74) is 9.73. The lowest BCUT2D eigenvalue weighted by Crippen LogP contribution is -1.97. The third-order valence-corrected chi connectivity index (χ3v) is 3.44. The van der Waals surface area contributed by atoms with Crippen LogP contribution in [0.1, 0.15) is 5.56 Å². The third-order valence-electron chi connectivity index (χ3n) is 3.44. The number of ether oxygens (including phenoxy) is 1. The molecule has 0 spiro atoms. The van der Waals surface area contributed by atoms with Crippen molar-refractivity contribution in [1.82, 2.24) is 0 Å². The van der Waals surface area contributed by atoms with Crippen molar-refractivity contribution in [2.24, 2.45) is 0 Å². The summed E-state index contributed by atoms with van der Waals surface area (Å²) in [5, 5.41) is 0. The number of para-hydroxylation sites is 2. The van der Waals surface area contributed by atoms with Gasteiger partial charge in [0.1, 0.15) is 11.5 Å². The predicted octanol–water partition coefficient (Wildman–Crippen LogP) is 4.99. The normalized spacial score (nSPS) is 10.2. The summed E-state index contributed by atoms with van der Waals surface area (Å²) in [6.45, 7) is 4.02. The largest absolute Gasteiger partial charge is 0.455 e. The molecule has 0 heterocycles. The number of nitrogens with two attached hydrogens (primary N) is 1. The molecular formula is C20H17NO. The van der Waals surface area contributed by atoms with E-state index >= 15 is 0 Å². The van der Waals surface area contributed by atoms with Crippen molar-refractivity contribution in [1.29, 1.82) is 0 Å². The van der Waals surface area contributed by atoms with Gasteiger partial charge in [-0.25, -0.2) is 0 Å². The second kappa shape index (κ2) is 6.19. The van der Waals surface area contributed by atoms with Crippen LogP contribution in [0, 0.1) is 0 Å². The first-order valence-electron chi connectivity index (χ1n) is 7.11. The SMILES string of the molecule is C=C(Oc1ccccc1N)c1cccc(-c2ccccc2)c1. The van der Waals surface area contributed by atoms with Crippen LogP contribution in [-0.4, -0.2) is 0 Å². The van der Waals surface area contributed by atoms with Crippen molar-refractivity contribution >= 4 is 11.4 Å². The highest BCUT2D eigenvalue weighted by Gasteiger charge is 2.06. The van der Waals surface area contributed by atoms with Gasteiger partial charge < -0.3 is 10.5 Å². The molecular weight excluding hydrogens is 270 g/mol. The van der Waals surface area contributed by atoms with E-state index in [-0.39, 0.29) is 0 Å². The Morgan fingerprint density at radius 1 is 0.773 bits per heavy atom. The number of nitrogen functional groups attached to an aromatic ring is 1. The average Bonchev–Trinajstić information content (AvgIpc) is 2.58. The lowest BCUT2D eigenvalue weighted by atomic mass is 10.0. The molecule has 0 bridgehead atoms. The monoisotopic (exact) mass is 287 g/mol. The molecule has 0 saturated heterocycles. The molecule has 22 heavy (non-hydrogen) atoms. The molecule has 2 heteroatoms. The first-order valence-corrected chi connectivity index (χ1v) is 7.11. The van der Waals surface area contributed by atoms with Crippen molar-refractivity contribution < 1.29 is 4.74 Å². The van der Waals surface area contributed by atoms with Crippen LogP contribution in [0.2, 0.25) is 0 Å². The molecule has 0 amide bonds. The molecule has 0 atom stereocenters. The average molecular weight is 287 g/mol. The van der Waals surface area contributed by atoms with Crippen molar-refractivity contribution in [2.45, 2.75) is 0 Å². The van der Waals surface area contributed by atoms with Crippen LogP contribution in [0.25, 0.3) is 16.9 Å². The summed E-state index contributed by atoms with van der Waals surface area (Å²) in [6, 6.07) is 25.7. The molecule has 0 aliphatic carbocycles. The van der Waals surface area contributed by atoms with Crippen LogP contribution in [-0.2, 0) is 0 Å². The maximum Gasteiger partial charge on any atom is 0.150 e. The van der Waals surface area contributed by atoms with E-state index in [2.05, 4.69) is 30.8 Å². The minimum Gasteiger partial charge on any atom is -0.455 e. The van der Waals surface area contributed by atoms with Gasteiger partial charge in [-0.3, -0.25) is 0 Å². The summed E-state index contributed by atoms with van der Waals surface area (Å²) < 4.78 is 5.80. The molecule has 108 valence electrons. The number of benzene rings is 3. The van der Waals surface area contributed by atoms with Gasteiger partial charge in [0.25, 0.3) is 0 Å². The number of hydrogen-bond acceptors (Lipinski definition) is 2. The summed E-state index contributed by atoms with van der Waals surface area (Å²) in [6.07, 6.45) is 0. The fourth-order valence-electron chi connectivity index (χ4n) is 2.27. The molecule has 2 N–H and O–H groups in total. The van der Waals surface area contributed by atoms with E-state index in [4.69, 9.17) is 10.5 Å². The minimum absolute atomic E-state index is 0.579. The number of anilines is 1. The quantitative estimate of drug-likeness (QED) is 0.542. The van der Waals surface area contributed by atoms with Gasteiger partial charge in [-0.2, -0.15) is 0 Å². The van der Waals surface area contributed by atoms with Crippen LogP contribution < -0.4 is 10.5 Å². The van der Waals surface area contributed by atoms with Gasteiger partial charge in [0.15, 0.2) is 0 Å². The van der Waals surface area contributed by atoms with Gasteiger partial charge >= 0.3 is 0 Å². The fourth-order valence-corrected chi connectivity index (χ4v) is 2.27. The van der Waals surface area contributed by atoms with Crippen molar-refractivity contribution in [3.8, 4) is 16.9 Å². The van der Waals surface area contributed by atoms with Crippen LogP contribution in [0.15, 0.2) is 85.4 Å². The molecule has 2 nitrogen and oxygen atoms in total. The molecule has 3 aromatic carbocycles. The van der Waals surface area contributed by atoms with E-state index in [1.54, 1.807) is 0 Å². The minimum atomic E-state index is 0.579. The van der Waals surface area contributed by atoms with E-state index < -0.39 is 0 Å². The van der Waals surface area contributed by atoms with Gasteiger partial charge in [-0.05, 0) is 29.3 Å². The molecule has 0 radical (unpaired) electrons. The highest BCUT2D eigenvalue weighted by atomic mass is 16.5. The highest BCUT2D eigenvalue weighted by Crippen LogP contribution is 2.27. The van der Waals surface area contributed by atoms with E-state index in [0.29, 0.717) is 17.2 Å². The highest BCUT2D eigenvalue weighted by molar-refractivity contribution is 5.71. The van der Waals surface area contributed by atoms with Gasteiger partial charge in [-0.1, -0.05) is 67.2 Å². The zero-order valence-corrected chi connectivity index (χ0v) is 12.2. The van der Waals surface area contributed by atoms with E-state index in [0.717, 1.165) is 16.7 Å². The van der Waals surface area contributed by atoms with Crippen molar-refractivity contribution in [3.05, 3.63) is 91.0 Å². The lowest BCUT2D eigenvalue weighted by molar-refractivity contribution is 0.519. The summed E-state index contributed by atoms with van der Waals surface area (Å²) >= 11 is 0. The van der Waals surface area contributed by atoms with Crippen LogP contribution in [0.5, 0.6) is 5.75 Å². The predicted molar refractivity (Wildman–Crippen MR) is 92.4 cm³/mol. The Morgan fingerprint density at radius 3 is 2.23 bits per heavy atom. The summed E-state index contributed by atoms with van der Waals surface area (Å²) in [5.74, 6) is 1.20. The van der Waals surface area contributed by atoms with E-state index in [1.165, 1.54) is 0 Å². The van der Waals surface area contributed by atoms with Crippen molar-refractivity contribution in [2.75, 3.05) is 5.73 Å². The summed E-state index contributed by atoms with van der Waals surface area (Å²) in [4.78, 5) is 0. The van der Waals surface area contributed by atoms with E-state index in [1.807, 2.05) is 54.6 Å². The lowest BCUT2D eigenvalue weighted by Gasteiger charge is -2.12. The first-order chi connectivity index (χ1) is 10.7. The Bertz CT molecular complexity index is 794. The van der Waals surface area contributed by atoms with Gasteiger partial charge in [0.2, 0.25) is 0 Å². The number of rotatable bonds is 4. The Morgan fingerprint density at radius 2 is 1.45 bits per heavy atom. The molecule has 0 aromatic heterocycles. The maximum atomic E-state index is 5.90. The van der Waals surface area contributed by atoms with Crippen LogP contribution in [0.3, 0.4) is 0 Å². The Kier molecular flexibility index (Phi) is 3.92. The zero-order chi connectivity index (χ0) is 15.4. The van der Waals surface area contributed by atoms with E-state index in [9.17, 15) is 0 Å². The molecule has 0 fully saturated rings. The van der Waals surface area contributed by atoms with Gasteiger partial charge in [0.05, 0.1) is 5.69 Å². The smallest absolute Gasteiger partial charge is 0.150 e. The topological polar surface area (TPSA) is 35.2 Å². The second-order valence-corrected chi connectivity index (χ2v) is 5.01. The van der Waals surface area contributed by atoms with Crippen LogP contribution in [0.4, 0.5) is 5.69 Å².